The average molecular weight is 199 g/mol. The lowest BCUT2D eigenvalue weighted by Gasteiger charge is -2.11. The maximum Gasteiger partial charge on any atom is 0.382 e. The van der Waals surface area contributed by atoms with E-state index >= 15 is 0 Å². The molecule has 68 valence electrons. The Kier molecular flexibility index (Phi) is 2.37. The van der Waals surface area contributed by atoms with Crippen molar-refractivity contribution in [1.29, 1.82) is 0 Å². The summed E-state index contributed by atoms with van der Waals surface area (Å²) in [6.45, 7) is 4.26. The zero-order valence-corrected chi connectivity index (χ0v) is 9.46. The van der Waals surface area contributed by atoms with Crippen molar-refractivity contribution < 1.29 is 0 Å². The van der Waals surface area contributed by atoms with Gasteiger partial charge in [0.2, 0.25) is 0 Å². The fraction of sp³-hybridized carbons (Fsp3) is 0.167. The summed E-state index contributed by atoms with van der Waals surface area (Å²) in [5.41, 5.74) is 2.65. The summed E-state index contributed by atoms with van der Waals surface area (Å²) in [6, 6.07) is 10.4. The van der Waals surface area contributed by atoms with Crippen LogP contribution in [0.4, 0.5) is 0 Å². The van der Waals surface area contributed by atoms with Crippen LogP contribution in [0.5, 0.6) is 0 Å². The lowest BCUT2D eigenvalue weighted by Crippen LogP contribution is -2.05. The quantitative estimate of drug-likeness (QED) is 0.481. The summed E-state index contributed by atoms with van der Waals surface area (Å²) in [5.74, 6) is 4.47. The summed E-state index contributed by atoms with van der Waals surface area (Å²) >= 11 is 0. The van der Waals surface area contributed by atoms with Crippen LogP contribution in [0, 0.1) is 0 Å². The van der Waals surface area contributed by atoms with Crippen LogP contribution in [0.25, 0.3) is 0 Å². The van der Waals surface area contributed by atoms with Crippen LogP contribution >= 0.6 is 7.14 Å². The smallest absolute Gasteiger partial charge is 0.0620 e. The van der Waals surface area contributed by atoms with Gasteiger partial charge in [0.15, 0.2) is 0 Å². The first-order chi connectivity index (χ1) is 6.62. The molecule has 0 amide bonds. The summed E-state index contributed by atoms with van der Waals surface area (Å²) in [6.07, 6.45) is 0. The van der Waals surface area contributed by atoms with Crippen LogP contribution in [0.3, 0.4) is 0 Å². The molecule has 1 aromatic rings. The zero-order chi connectivity index (χ0) is 10.2. The number of allylic oxidation sites excluding steroid dienone is 2. The molecular formula is C12H13BP+. The maximum atomic E-state index is 6.42. The van der Waals surface area contributed by atoms with E-state index in [9.17, 15) is 0 Å². The molecule has 0 aromatic heterocycles. The number of rotatable bonds is 1. The van der Waals surface area contributed by atoms with Gasteiger partial charge >= 0.3 is 7.57 Å². The molecule has 0 N–H and O–H groups in total. The van der Waals surface area contributed by atoms with Gasteiger partial charge in [-0.15, -0.1) is 0 Å². The van der Waals surface area contributed by atoms with Gasteiger partial charge in [-0.2, -0.15) is 0 Å². The molecule has 2 heteroatoms. The van der Waals surface area contributed by atoms with Gasteiger partial charge < -0.3 is 0 Å². The van der Waals surface area contributed by atoms with E-state index in [-0.39, 0.29) is 0 Å². The molecule has 0 saturated carbocycles. The summed E-state index contributed by atoms with van der Waals surface area (Å²) in [7, 11) is 4.81. The van der Waals surface area contributed by atoms with Crippen LogP contribution in [0.2, 0.25) is 0 Å². The molecule has 0 nitrogen and oxygen atoms in total. The molecule has 2 rings (SSSR count). The Balaban J connectivity index is 2.47. The van der Waals surface area contributed by atoms with Crippen molar-refractivity contribution in [3.8, 4) is 0 Å². The van der Waals surface area contributed by atoms with Crippen LogP contribution in [-0.4, -0.2) is 7.57 Å². The van der Waals surface area contributed by atoms with Crippen LogP contribution in [0.15, 0.2) is 53.1 Å². The standard InChI is InChI=1S/C12H13BP/c1-10-8-14(13,9-11(10)2)12-6-4-3-5-7-12/h3-9H,1-2H3/q+1. The molecule has 1 aliphatic heterocycles. The van der Waals surface area contributed by atoms with E-state index in [1.807, 2.05) is 6.07 Å². The van der Waals surface area contributed by atoms with E-state index in [2.05, 4.69) is 49.7 Å². The minimum Gasteiger partial charge on any atom is -0.0620 e. The first-order valence-corrected chi connectivity index (χ1v) is 6.73. The van der Waals surface area contributed by atoms with Crippen molar-refractivity contribution >= 4 is 20.0 Å². The topological polar surface area (TPSA) is 0 Å². The second-order valence-electron chi connectivity index (χ2n) is 3.79. The van der Waals surface area contributed by atoms with E-state index in [4.69, 9.17) is 7.57 Å². The molecule has 0 bridgehead atoms. The van der Waals surface area contributed by atoms with Crippen molar-refractivity contribution in [3.05, 3.63) is 53.1 Å². The van der Waals surface area contributed by atoms with Gasteiger partial charge in [0.1, 0.15) is 0 Å². The molecule has 1 heterocycles. The average Bonchev–Trinajstić information content (AvgIpc) is 2.44. The molecular weight excluding hydrogens is 186 g/mol. The van der Waals surface area contributed by atoms with E-state index in [0.717, 1.165) is 0 Å². The summed E-state index contributed by atoms with van der Waals surface area (Å²) in [5, 5.41) is 1.26. The molecule has 0 unspecified atom stereocenters. The van der Waals surface area contributed by atoms with E-state index in [0.29, 0.717) is 0 Å². The molecule has 1 aromatic carbocycles. The van der Waals surface area contributed by atoms with Crippen molar-refractivity contribution in [2.24, 2.45) is 0 Å². The molecule has 0 spiro atoms. The van der Waals surface area contributed by atoms with Gasteiger partial charge in [0.05, 0.1) is 16.9 Å². The predicted molar refractivity (Wildman–Crippen MR) is 66.3 cm³/mol. The summed E-state index contributed by atoms with van der Waals surface area (Å²) in [4.78, 5) is 0. The van der Waals surface area contributed by atoms with Gasteiger partial charge in [-0.1, -0.05) is 18.2 Å². The van der Waals surface area contributed by atoms with Crippen molar-refractivity contribution in [1.82, 2.24) is 0 Å². The normalized spacial score (nSPS) is 19.0. The molecule has 0 saturated heterocycles. The SMILES string of the molecule is [B][P+]1(c2ccccc2)C=C(C)C(C)=C1. The Morgan fingerprint density at radius 1 is 0.929 bits per heavy atom. The lowest BCUT2D eigenvalue weighted by atomic mass is 10.2. The molecule has 2 radical (unpaired) electrons. The summed E-state index contributed by atoms with van der Waals surface area (Å²) < 4.78 is 0. The predicted octanol–water partition coefficient (Wildman–Crippen LogP) is 3.23. The highest BCUT2D eigenvalue weighted by atomic mass is 31.2. The first kappa shape index (κ1) is 9.74. The van der Waals surface area contributed by atoms with Crippen molar-refractivity contribution in [3.63, 3.8) is 0 Å². The fourth-order valence-electron chi connectivity index (χ4n) is 1.72. The Labute approximate surface area is 87.4 Å². The fourth-order valence-corrected chi connectivity index (χ4v) is 4.47. The molecule has 0 atom stereocenters. The largest absolute Gasteiger partial charge is 0.382 e. The first-order valence-electron chi connectivity index (χ1n) is 4.74. The minimum absolute atomic E-state index is 1.26. The molecule has 0 fully saturated rings. The highest BCUT2D eigenvalue weighted by molar-refractivity contribution is 8.07. The number of benzene rings is 1. The van der Waals surface area contributed by atoms with E-state index in [1.165, 1.54) is 16.5 Å². The van der Waals surface area contributed by atoms with Crippen molar-refractivity contribution in [2.75, 3.05) is 0 Å². The second-order valence-corrected chi connectivity index (χ2v) is 6.50. The minimum atomic E-state index is -1.61. The number of hydrogen-bond donors (Lipinski definition) is 0. The molecule has 1 aliphatic rings. The van der Waals surface area contributed by atoms with Crippen molar-refractivity contribution in [2.45, 2.75) is 13.8 Å². The number of hydrogen-bond acceptors (Lipinski definition) is 0. The molecule has 0 aliphatic carbocycles. The molecule has 14 heavy (non-hydrogen) atoms. The van der Waals surface area contributed by atoms with Gasteiger partial charge in [-0.05, 0) is 37.1 Å². The Hall–Kier alpha value is -0.805. The highest BCUT2D eigenvalue weighted by Crippen LogP contribution is 2.61. The third-order valence-corrected chi connectivity index (χ3v) is 5.46. The zero-order valence-electron chi connectivity index (χ0n) is 8.57. The van der Waals surface area contributed by atoms with E-state index < -0.39 is 7.14 Å². The van der Waals surface area contributed by atoms with Crippen LogP contribution < -0.4 is 5.30 Å². The van der Waals surface area contributed by atoms with Gasteiger partial charge in [0.25, 0.3) is 0 Å². The Bertz CT molecular complexity index is 386. The van der Waals surface area contributed by atoms with Gasteiger partial charge in [0, 0.05) is 7.14 Å². The monoisotopic (exact) mass is 199 g/mol. The lowest BCUT2D eigenvalue weighted by molar-refractivity contribution is 1.39. The van der Waals surface area contributed by atoms with Crippen LogP contribution in [0.1, 0.15) is 13.8 Å². The maximum absolute atomic E-state index is 6.42. The Morgan fingerprint density at radius 3 is 1.93 bits per heavy atom. The van der Waals surface area contributed by atoms with E-state index in [1.54, 1.807) is 0 Å². The third kappa shape index (κ3) is 1.57. The third-order valence-electron chi connectivity index (χ3n) is 2.64. The second kappa shape index (κ2) is 3.40. The van der Waals surface area contributed by atoms with Gasteiger partial charge in [-0.25, -0.2) is 0 Å². The Morgan fingerprint density at radius 2 is 1.43 bits per heavy atom. The highest BCUT2D eigenvalue weighted by Gasteiger charge is 2.34. The van der Waals surface area contributed by atoms with Crippen LogP contribution in [-0.2, 0) is 0 Å². The van der Waals surface area contributed by atoms with Gasteiger partial charge in [-0.3, -0.25) is 0 Å².